The average molecular weight is 358 g/mol. The second-order valence-electron chi connectivity index (χ2n) is 6.18. The van der Waals surface area contributed by atoms with Gasteiger partial charge >= 0.3 is 0 Å². The third-order valence-electron chi connectivity index (χ3n) is 4.61. The van der Waals surface area contributed by atoms with Crippen LogP contribution in [0.2, 0.25) is 0 Å². The van der Waals surface area contributed by atoms with E-state index in [2.05, 4.69) is 46.3 Å². The third-order valence-corrected chi connectivity index (χ3v) is 4.61. The van der Waals surface area contributed by atoms with E-state index in [0.717, 1.165) is 12.1 Å². The number of hydrazone groups is 1. The molecule has 0 unspecified atom stereocenters. The molecule has 1 aromatic heterocycles. The van der Waals surface area contributed by atoms with E-state index in [4.69, 9.17) is 0 Å². The lowest BCUT2D eigenvalue weighted by Crippen LogP contribution is -1.96. The van der Waals surface area contributed by atoms with Crippen LogP contribution >= 0.6 is 0 Å². The van der Waals surface area contributed by atoms with Crippen molar-refractivity contribution in [3.63, 3.8) is 0 Å². The van der Waals surface area contributed by atoms with Crippen molar-refractivity contribution in [3.8, 4) is 0 Å². The summed E-state index contributed by atoms with van der Waals surface area (Å²) in [7, 11) is 0. The maximum atomic E-state index is 11.1. The van der Waals surface area contributed by atoms with Crippen LogP contribution in [0.15, 0.2) is 71.8 Å². The normalized spacial score (nSPS) is 11.4. The van der Waals surface area contributed by atoms with Crippen LogP contribution in [-0.4, -0.2) is 15.7 Å². The molecule has 0 aliphatic carbocycles. The fourth-order valence-electron chi connectivity index (χ4n) is 3.40. The second-order valence-corrected chi connectivity index (χ2v) is 6.18. The number of benzene rings is 3. The Kier molecular flexibility index (Phi) is 4.30. The molecule has 0 radical (unpaired) electrons. The van der Waals surface area contributed by atoms with Crippen LogP contribution in [0.25, 0.3) is 21.8 Å². The molecule has 27 heavy (non-hydrogen) atoms. The summed E-state index contributed by atoms with van der Waals surface area (Å²) in [6.45, 7) is 3.04. The number of nitrogens with zero attached hydrogens (tertiary/aromatic N) is 3. The Morgan fingerprint density at radius 2 is 1.78 bits per heavy atom. The van der Waals surface area contributed by atoms with Crippen molar-refractivity contribution in [3.05, 3.63) is 82.4 Å². The first kappa shape index (κ1) is 16.8. The molecule has 0 fully saturated rings. The molecule has 6 nitrogen and oxygen atoms in total. The van der Waals surface area contributed by atoms with Crippen molar-refractivity contribution in [2.75, 3.05) is 5.43 Å². The van der Waals surface area contributed by atoms with E-state index in [1.807, 2.05) is 18.2 Å². The first-order valence-electron chi connectivity index (χ1n) is 8.72. The van der Waals surface area contributed by atoms with Crippen LogP contribution < -0.4 is 5.43 Å². The molecule has 0 aliphatic heterocycles. The summed E-state index contributed by atoms with van der Waals surface area (Å²) < 4.78 is 2.29. The molecular formula is C21H18N4O2. The van der Waals surface area contributed by atoms with Gasteiger partial charge in [-0.05, 0) is 36.8 Å². The number of aromatic nitrogens is 1. The van der Waals surface area contributed by atoms with E-state index in [1.165, 1.54) is 27.9 Å². The fraction of sp³-hybridized carbons (Fsp3) is 0.0952. The Balaban J connectivity index is 1.68. The molecule has 4 aromatic rings. The minimum Gasteiger partial charge on any atom is -0.341 e. The van der Waals surface area contributed by atoms with Crippen LogP contribution in [-0.2, 0) is 6.54 Å². The predicted octanol–water partition coefficient (Wildman–Crippen LogP) is 5.17. The van der Waals surface area contributed by atoms with Crippen molar-refractivity contribution in [2.45, 2.75) is 13.5 Å². The summed E-state index contributed by atoms with van der Waals surface area (Å²) in [5.74, 6) is 0. The smallest absolute Gasteiger partial charge is 0.294 e. The largest absolute Gasteiger partial charge is 0.341 e. The number of fused-ring (bicyclic) bond motifs is 3. The maximum Gasteiger partial charge on any atom is 0.294 e. The molecule has 0 aliphatic rings. The van der Waals surface area contributed by atoms with Gasteiger partial charge in [0.05, 0.1) is 11.1 Å². The van der Waals surface area contributed by atoms with Gasteiger partial charge in [-0.2, -0.15) is 5.10 Å². The molecule has 0 saturated heterocycles. The summed E-state index contributed by atoms with van der Waals surface area (Å²) in [5, 5.41) is 17.6. The lowest BCUT2D eigenvalue weighted by Gasteiger charge is -2.03. The monoisotopic (exact) mass is 358 g/mol. The number of hydrogen-bond acceptors (Lipinski definition) is 4. The van der Waals surface area contributed by atoms with Crippen LogP contribution in [0.5, 0.6) is 0 Å². The topological polar surface area (TPSA) is 72.5 Å². The van der Waals surface area contributed by atoms with Gasteiger partial charge in [-0.3, -0.25) is 15.5 Å². The Morgan fingerprint density at radius 3 is 2.59 bits per heavy atom. The van der Waals surface area contributed by atoms with E-state index in [-0.39, 0.29) is 5.69 Å². The summed E-state index contributed by atoms with van der Waals surface area (Å²) in [6, 6.07) is 21.0. The van der Waals surface area contributed by atoms with Crippen molar-refractivity contribution in [1.29, 1.82) is 0 Å². The molecule has 1 N–H and O–H groups in total. The fourth-order valence-corrected chi connectivity index (χ4v) is 3.40. The van der Waals surface area contributed by atoms with Crippen LogP contribution in [0.1, 0.15) is 12.5 Å². The van der Waals surface area contributed by atoms with E-state index >= 15 is 0 Å². The van der Waals surface area contributed by atoms with E-state index < -0.39 is 4.92 Å². The van der Waals surface area contributed by atoms with Crippen molar-refractivity contribution in [1.82, 2.24) is 4.57 Å². The molecule has 0 atom stereocenters. The summed E-state index contributed by atoms with van der Waals surface area (Å²) in [4.78, 5) is 10.6. The number of rotatable bonds is 5. The standard InChI is InChI=1S/C21H18N4O2/c1-2-24-19-9-5-3-7-16(19)17-13-15(11-12-20(17)24)14-22-23-18-8-4-6-10-21(18)25(26)27/h3-14,23H,2H2,1H3/b22-14-. The number of aryl methyl sites for hydroxylation is 1. The number of nitrogens with one attached hydrogen (secondary N) is 1. The van der Waals surface area contributed by atoms with Crippen molar-refractivity contribution < 1.29 is 4.92 Å². The van der Waals surface area contributed by atoms with Gasteiger partial charge < -0.3 is 4.57 Å². The van der Waals surface area contributed by atoms with Gasteiger partial charge in [0.2, 0.25) is 0 Å². The molecule has 6 heteroatoms. The van der Waals surface area contributed by atoms with Gasteiger partial charge in [0, 0.05) is 34.4 Å². The van der Waals surface area contributed by atoms with Gasteiger partial charge in [-0.25, -0.2) is 0 Å². The van der Waals surface area contributed by atoms with Gasteiger partial charge in [0.15, 0.2) is 0 Å². The predicted molar refractivity (Wildman–Crippen MR) is 109 cm³/mol. The Bertz CT molecular complexity index is 1180. The zero-order valence-electron chi connectivity index (χ0n) is 14.8. The summed E-state index contributed by atoms with van der Waals surface area (Å²) in [5.41, 5.74) is 6.44. The van der Waals surface area contributed by atoms with Crippen LogP contribution in [0, 0.1) is 10.1 Å². The highest BCUT2D eigenvalue weighted by atomic mass is 16.6. The highest BCUT2D eigenvalue weighted by Gasteiger charge is 2.11. The summed E-state index contributed by atoms with van der Waals surface area (Å²) >= 11 is 0. The number of nitro groups is 1. The summed E-state index contributed by atoms with van der Waals surface area (Å²) in [6.07, 6.45) is 1.67. The lowest BCUT2D eigenvalue weighted by atomic mass is 10.1. The number of nitro benzene ring substituents is 1. The van der Waals surface area contributed by atoms with Gasteiger partial charge in [-0.1, -0.05) is 36.4 Å². The van der Waals surface area contributed by atoms with Crippen LogP contribution in [0.4, 0.5) is 11.4 Å². The molecule has 0 spiro atoms. The third kappa shape index (κ3) is 3.01. The Hall–Kier alpha value is -3.67. The lowest BCUT2D eigenvalue weighted by molar-refractivity contribution is -0.384. The molecule has 1 heterocycles. The van der Waals surface area contributed by atoms with Crippen LogP contribution in [0.3, 0.4) is 0 Å². The second kappa shape index (κ2) is 6.92. The first-order chi connectivity index (χ1) is 13.2. The first-order valence-corrected chi connectivity index (χ1v) is 8.72. The average Bonchev–Trinajstić information content (AvgIpc) is 3.01. The van der Waals surface area contributed by atoms with Crippen molar-refractivity contribution >= 4 is 39.4 Å². The maximum absolute atomic E-state index is 11.1. The van der Waals surface area contributed by atoms with Gasteiger partial charge in [0.1, 0.15) is 5.69 Å². The zero-order valence-corrected chi connectivity index (χ0v) is 14.8. The van der Waals surface area contributed by atoms with Gasteiger partial charge in [-0.15, -0.1) is 0 Å². The Labute approximate surface area is 155 Å². The molecule has 0 saturated carbocycles. The Morgan fingerprint density at radius 1 is 1.04 bits per heavy atom. The van der Waals surface area contributed by atoms with Gasteiger partial charge in [0.25, 0.3) is 5.69 Å². The molecular weight excluding hydrogens is 340 g/mol. The molecule has 0 amide bonds. The minimum absolute atomic E-state index is 0.00359. The number of hydrogen-bond donors (Lipinski definition) is 1. The number of anilines is 1. The molecule has 3 aromatic carbocycles. The van der Waals surface area contributed by atoms with E-state index in [0.29, 0.717) is 5.69 Å². The van der Waals surface area contributed by atoms with E-state index in [1.54, 1.807) is 24.4 Å². The van der Waals surface area contributed by atoms with Crippen molar-refractivity contribution in [2.24, 2.45) is 5.10 Å². The highest BCUT2D eigenvalue weighted by molar-refractivity contribution is 6.09. The SMILES string of the molecule is CCn1c2ccccc2c2cc(/C=N\Nc3ccccc3[N+](=O)[O-])ccc21. The zero-order chi connectivity index (χ0) is 18.8. The number of para-hydroxylation sites is 3. The molecule has 134 valence electrons. The molecule has 4 rings (SSSR count). The minimum atomic E-state index is -0.427. The molecule has 0 bridgehead atoms. The highest BCUT2D eigenvalue weighted by Crippen LogP contribution is 2.29. The van der Waals surface area contributed by atoms with E-state index in [9.17, 15) is 10.1 Å². The quantitative estimate of drug-likeness (QED) is 0.304.